The van der Waals surface area contributed by atoms with Crippen molar-refractivity contribution in [3.8, 4) is 22.6 Å². The summed E-state index contributed by atoms with van der Waals surface area (Å²) in [5.74, 6) is -4.56. The first-order valence-electron chi connectivity index (χ1n) is 15.4. The van der Waals surface area contributed by atoms with E-state index >= 15 is 0 Å². The number of fused-ring (bicyclic) bond motifs is 3. The molecular formula is C34H41N3O8. The van der Waals surface area contributed by atoms with Crippen molar-refractivity contribution in [2.24, 2.45) is 17.6 Å². The summed E-state index contributed by atoms with van der Waals surface area (Å²) in [6, 6.07) is 8.15. The van der Waals surface area contributed by atoms with Crippen LogP contribution in [0.4, 0.5) is 0 Å². The Bertz CT molecular complexity index is 1620. The Hall–Kier alpha value is -3.74. The zero-order valence-corrected chi connectivity index (χ0v) is 25.8. The molecule has 6 rings (SSSR count). The number of carbonyl (C=O) groups excluding carboxylic acids is 2. The van der Waals surface area contributed by atoms with Gasteiger partial charge >= 0.3 is 0 Å². The van der Waals surface area contributed by atoms with Crippen molar-refractivity contribution in [1.82, 2.24) is 9.80 Å². The van der Waals surface area contributed by atoms with Crippen LogP contribution in [0.5, 0.6) is 11.5 Å². The summed E-state index contributed by atoms with van der Waals surface area (Å²) >= 11 is 0. The molecule has 2 aromatic rings. The molecule has 2 aromatic carbocycles. The number of likely N-dealkylation sites (N-methyl/N-ethyl adjacent to an activating group) is 1. The lowest BCUT2D eigenvalue weighted by atomic mass is 9.57. The van der Waals surface area contributed by atoms with E-state index in [-0.39, 0.29) is 29.7 Å². The van der Waals surface area contributed by atoms with Crippen LogP contribution in [0, 0.1) is 11.8 Å². The maximum absolute atomic E-state index is 14.2. The molecule has 240 valence electrons. The lowest BCUT2D eigenvalue weighted by molar-refractivity contribution is -0.154. The maximum Gasteiger partial charge on any atom is 0.202 e. The van der Waals surface area contributed by atoms with Gasteiger partial charge < -0.3 is 36.0 Å². The highest BCUT2D eigenvalue weighted by atomic mass is 16.5. The molecule has 7 N–H and O–H groups in total. The molecule has 11 nitrogen and oxygen atoms in total. The van der Waals surface area contributed by atoms with Gasteiger partial charge in [-0.1, -0.05) is 18.6 Å². The number of nitrogens with two attached hydrogens (primary N) is 1. The molecule has 0 amide bonds. The first-order chi connectivity index (χ1) is 21.4. The maximum atomic E-state index is 14.2. The third kappa shape index (κ3) is 4.85. The van der Waals surface area contributed by atoms with E-state index in [9.17, 15) is 35.1 Å². The van der Waals surface area contributed by atoms with Gasteiger partial charge in [0.2, 0.25) is 5.78 Å². The first-order valence-corrected chi connectivity index (χ1v) is 15.4. The van der Waals surface area contributed by atoms with Gasteiger partial charge in [0.05, 0.1) is 24.3 Å². The van der Waals surface area contributed by atoms with E-state index in [1.165, 1.54) is 30.2 Å². The molecule has 0 radical (unpaired) electrons. The standard InChI is InChI=1S/C34H41N3O8/c1-36(2)28-22-15-18-14-21-19(20-13-17(7-10-24(20)45-3)16-37-11-5-4-6-12-37)8-9-23(38)26(21)29(39)25(18)31(41)34(22,44)32(42)27(30(28)40)33(35)43/h7-10,13,18,22,28,33,38-39,42-44H,4-6,11-12,14-16,35H2,1-3H3/t18-,22-,28-,33?,34-/m0/s1. The minimum Gasteiger partial charge on any atom is -0.508 e. The van der Waals surface area contributed by atoms with Crippen LogP contribution in [0.1, 0.15) is 42.4 Å². The molecule has 45 heavy (non-hydrogen) atoms. The van der Waals surface area contributed by atoms with Crippen LogP contribution in [0.3, 0.4) is 0 Å². The molecule has 11 heteroatoms. The van der Waals surface area contributed by atoms with Gasteiger partial charge in [-0.05, 0) is 93.7 Å². The number of likely N-dealkylation sites (tertiary alicyclic amines) is 1. The van der Waals surface area contributed by atoms with E-state index in [0.29, 0.717) is 11.3 Å². The van der Waals surface area contributed by atoms with Gasteiger partial charge in [-0.25, -0.2) is 0 Å². The van der Waals surface area contributed by atoms with Crippen LogP contribution in [-0.4, -0.2) is 99.1 Å². The number of aliphatic hydroxyl groups is 4. The highest BCUT2D eigenvalue weighted by Crippen LogP contribution is 2.54. The number of hydrogen-bond donors (Lipinski definition) is 6. The Kier molecular flexibility index (Phi) is 8.03. The first kappa shape index (κ1) is 31.3. The number of piperidine rings is 1. The average molecular weight is 620 g/mol. The van der Waals surface area contributed by atoms with Crippen molar-refractivity contribution in [2.45, 2.75) is 56.5 Å². The van der Waals surface area contributed by atoms with E-state index in [4.69, 9.17) is 10.5 Å². The van der Waals surface area contributed by atoms with Crippen LogP contribution >= 0.6 is 0 Å². The Morgan fingerprint density at radius 2 is 1.78 bits per heavy atom. The third-order valence-electron chi connectivity index (χ3n) is 10.1. The quantitative estimate of drug-likeness (QED) is 0.262. The van der Waals surface area contributed by atoms with Gasteiger partial charge in [-0.2, -0.15) is 0 Å². The zero-order chi connectivity index (χ0) is 32.4. The van der Waals surface area contributed by atoms with Crippen molar-refractivity contribution in [1.29, 1.82) is 0 Å². The van der Waals surface area contributed by atoms with Gasteiger partial charge in [-0.3, -0.25) is 19.4 Å². The summed E-state index contributed by atoms with van der Waals surface area (Å²) in [4.78, 5) is 31.6. The smallest absolute Gasteiger partial charge is 0.202 e. The lowest BCUT2D eigenvalue weighted by Crippen LogP contribution is -2.66. The fourth-order valence-electron chi connectivity index (χ4n) is 8.01. The Morgan fingerprint density at radius 1 is 1.07 bits per heavy atom. The molecule has 1 saturated heterocycles. The predicted octanol–water partition coefficient (Wildman–Crippen LogP) is 2.42. The van der Waals surface area contributed by atoms with Crippen LogP contribution in [0.15, 0.2) is 47.2 Å². The number of nitrogens with zero attached hydrogens (tertiary/aromatic N) is 2. The number of ether oxygens (including phenoxy) is 1. The van der Waals surface area contributed by atoms with E-state index in [1.807, 2.05) is 12.1 Å². The number of aliphatic hydroxyl groups excluding tert-OH is 3. The molecule has 1 aliphatic heterocycles. The van der Waals surface area contributed by atoms with E-state index in [1.54, 1.807) is 27.3 Å². The fraction of sp³-hybridized carbons (Fsp3) is 0.471. The number of carbonyl (C=O) groups is 2. The molecular weight excluding hydrogens is 578 g/mol. The van der Waals surface area contributed by atoms with Gasteiger partial charge in [0, 0.05) is 23.6 Å². The number of aromatic hydroxyl groups is 1. The molecule has 1 saturated carbocycles. The molecule has 0 bridgehead atoms. The normalized spacial score (nSPS) is 27.8. The Labute approximate surface area is 261 Å². The number of Topliss-reactive ketones (excluding diaryl/α,β-unsaturated/α-hetero) is 2. The van der Waals surface area contributed by atoms with Crippen LogP contribution in [0.25, 0.3) is 16.9 Å². The highest BCUT2D eigenvalue weighted by Gasteiger charge is 2.64. The van der Waals surface area contributed by atoms with Gasteiger partial charge in [-0.15, -0.1) is 0 Å². The van der Waals surface area contributed by atoms with Crippen molar-refractivity contribution in [3.05, 3.63) is 63.9 Å². The second kappa shape index (κ2) is 11.6. The summed E-state index contributed by atoms with van der Waals surface area (Å²) in [6.07, 6.45) is 1.90. The fourth-order valence-corrected chi connectivity index (χ4v) is 8.01. The molecule has 4 aliphatic rings. The topological polar surface area (TPSA) is 177 Å². The molecule has 0 aromatic heterocycles. The van der Waals surface area contributed by atoms with E-state index < -0.39 is 58.4 Å². The summed E-state index contributed by atoms with van der Waals surface area (Å²) in [7, 11) is 4.80. The number of methoxy groups -OCH3 is 1. The number of ketones is 2. The zero-order valence-electron chi connectivity index (χ0n) is 25.8. The number of phenolic OH excluding ortho intramolecular Hbond substituents is 1. The predicted molar refractivity (Wildman–Crippen MR) is 166 cm³/mol. The summed E-state index contributed by atoms with van der Waals surface area (Å²) in [5, 5.41) is 55.8. The monoisotopic (exact) mass is 619 g/mol. The SMILES string of the molecule is COc1ccc(CN2CCCCC2)cc1-c1ccc(O)c2c1C[C@H]1C[C@H]3[C@H](N(C)C)C(=O)C(C(N)O)=C(O)[C@@]3(O)C(=O)C1=C2O. The lowest BCUT2D eigenvalue weighted by Gasteiger charge is -2.50. The highest BCUT2D eigenvalue weighted by molar-refractivity contribution is 6.14. The number of benzene rings is 2. The van der Waals surface area contributed by atoms with Gasteiger partial charge in [0.15, 0.2) is 11.4 Å². The Morgan fingerprint density at radius 3 is 2.42 bits per heavy atom. The van der Waals surface area contributed by atoms with Crippen molar-refractivity contribution in [2.75, 3.05) is 34.3 Å². The average Bonchev–Trinajstić information content (AvgIpc) is 2.99. The van der Waals surface area contributed by atoms with Crippen molar-refractivity contribution < 1.29 is 39.9 Å². The number of rotatable bonds is 6. The molecule has 5 atom stereocenters. The van der Waals surface area contributed by atoms with Crippen LogP contribution < -0.4 is 10.5 Å². The van der Waals surface area contributed by atoms with Crippen LogP contribution in [0.2, 0.25) is 0 Å². The van der Waals surface area contributed by atoms with Crippen molar-refractivity contribution in [3.63, 3.8) is 0 Å². The van der Waals surface area contributed by atoms with Gasteiger partial charge in [0.1, 0.15) is 29.2 Å². The van der Waals surface area contributed by atoms with Gasteiger partial charge in [0.25, 0.3) is 0 Å². The van der Waals surface area contributed by atoms with Crippen molar-refractivity contribution >= 4 is 17.3 Å². The second-order valence-corrected chi connectivity index (χ2v) is 12.9. The molecule has 1 unspecified atom stereocenters. The van der Waals surface area contributed by atoms with Crippen LogP contribution in [-0.2, 0) is 22.6 Å². The van der Waals surface area contributed by atoms with E-state index in [2.05, 4.69) is 11.0 Å². The Balaban J connectivity index is 1.49. The molecule has 1 heterocycles. The summed E-state index contributed by atoms with van der Waals surface area (Å²) < 4.78 is 5.75. The number of hydrogen-bond acceptors (Lipinski definition) is 11. The minimum absolute atomic E-state index is 0.0505. The molecule has 2 fully saturated rings. The third-order valence-corrected chi connectivity index (χ3v) is 10.1. The molecule has 0 spiro atoms. The largest absolute Gasteiger partial charge is 0.508 e. The summed E-state index contributed by atoms with van der Waals surface area (Å²) in [5.41, 5.74) is 5.47. The summed E-state index contributed by atoms with van der Waals surface area (Å²) in [6.45, 7) is 2.85. The molecule has 3 aliphatic carbocycles. The second-order valence-electron chi connectivity index (χ2n) is 12.9. The minimum atomic E-state index is -2.62. The number of phenols is 1. The van der Waals surface area contributed by atoms with E-state index in [0.717, 1.165) is 36.3 Å².